The molecule has 0 radical (unpaired) electrons. The Kier molecular flexibility index (Phi) is 7.07. The summed E-state index contributed by atoms with van der Waals surface area (Å²) < 4.78 is 26.7. The molecule has 3 rings (SSSR count). The van der Waals surface area contributed by atoms with E-state index in [-0.39, 0.29) is 18.2 Å². The number of nitrogens with one attached hydrogen (secondary N) is 1. The average Bonchev–Trinajstić information content (AvgIpc) is 2.68. The van der Waals surface area contributed by atoms with E-state index in [4.69, 9.17) is 11.6 Å². The number of sulfonamides is 1. The highest BCUT2D eigenvalue weighted by Gasteiger charge is 2.27. The van der Waals surface area contributed by atoms with Crippen LogP contribution < -0.4 is 5.32 Å². The fraction of sp³-hybridized carbons (Fsp3) is 0.350. The largest absolute Gasteiger partial charge is 0.351 e. The summed E-state index contributed by atoms with van der Waals surface area (Å²) in [4.78, 5) is 14.2. The highest BCUT2D eigenvalue weighted by Crippen LogP contribution is 2.15. The van der Waals surface area contributed by atoms with Crippen molar-refractivity contribution in [2.45, 2.75) is 12.3 Å². The molecule has 150 valence electrons. The van der Waals surface area contributed by atoms with Crippen LogP contribution in [0, 0.1) is 0 Å². The van der Waals surface area contributed by atoms with Gasteiger partial charge in [-0.15, -0.1) is 0 Å². The molecule has 0 spiro atoms. The van der Waals surface area contributed by atoms with Crippen molar-refractivity contribution in [1.82, 2.24) is 14.5 Å². The number of rotatable bonds is 7. The van der Waals surface area contributed by atoms with Gasteiger partial charge in [0.25, 0.3) is 0 Å². The Morgan fingerprint density at radius 2 is 1.61 bits per heavy atom. The van der Waals surface area contributed by atoms with Crippen LogP contribution in [0.3, 0.4) is 0 Å². The van der Waals surface area contributed by atoms with Crippen molar-refractivity contribution in [2.75, 3.05) is 32.7 Å². The van der Waals surface area contributed by atoms with Gasteiger partial charge in [-0.2, -0.15) is 4.31 Å². The van der Waals surface area contributed by atoms with Crippen molar-refractivity contribution in [3.63, 3.8) is 0 Å². The fourth-order valence-corrected chi connectivity index (χ4v) is 4.85. The van der Waals surface area contributed by atoms with Crippen molar-refractivity contribution in [3.8, 4) is 0 Å². The van der Waals surface area contributed by atoms with E-state index in [0.29, 0.717) is 37.7 Å². The summed E-state index contributed by atoms with van der Waals surface area (Å²) in [6.45, 7) is 2.49. The number of nitrogens with zero attached hydrogens (tertiary/aromatic N) is 2. The summed E-state index contributed by atoms with van der Waals surface area (Å²) >= 11 is 6.09. The highest BCUT2D eigenvalue weighted by atomic mass is 35.5. The quantitative estimate of drug-likeness (QED) is 0.743. The molecule has 1 N–H and O–H groups in total. The summed E-state index contributed by atoms with van der Waals surface area (Å²) in [7, 11) is -3.35. The molecule has 28 heavy (non-hydrogen) atoms. The van der Waals surface area contributed by atoms with E-state index in [1.165, 1.54) is 4.31 Å². The van der Waals surface area contributed by atoms with Gasteiger partial charge in [0.15, 0.2) is 0 Å². The number of benzene rings is 2. The molecule has 1 aliphatic rings. The Balaban J connectivity index is 1.44. The van der Waals surface area contributed by atoms with E-state index in [0.717, 1.165) is 11.1 Å². The van der Waals surface area contributed by atoms with Crippen molar-refractivity contribution < 1.29 is 13.2 Å². The van der Waals surface area contributed by atoms with Gasteiger partial charge in [-0.05, 0) is 17.2 Å². The van der Waals surface area contributed by atoms with Crippen LogP contribution in [0.4, 0.5) is 0 Å². The number of carbonyl (C=O) groups excluding carboxylic acids is 1. The lowest BCUT2D eigenvalue weighted by Crippen LogP contribution is -2.51. The minimum absolute atomic E-state index is 0.00611. The van der Waals surface area contributed by atoms with Crippen LogP contribution in [0.25, 0.3) is 0 Å². The minimum Gasteiger partial charge on any atom is -0.351 e. The molecule has 6 nitrogen and oxygen atoms in total. The Labute approximate surface area is 171 Å². The molecule has 2 aromatic rings. The number of carbonyl (C=O) groups is 1. The number of piperazine rings is 1. The first-order valence-electron chi connectivity index (χ1n) is 9.18. The maximum atomic E-state index is 12.6. The first-order chi connectivity index (χ1) is 13.4. The van der Waals surface area contributed by atoms with Gasteiger partial charge in [0, 0.05) is 37.7 Å². The van der Waals surface area contributed by atoms with Crippen molar-refractivity contribution in [3.05, 3.63) is 70.7 Å². The van der Waals surface area contributed by atoms with Gasteiger partial charge in [-0.1, -0.05) is 60.1 Å². The van der Waals surface area contributed by atoms with Crippen LogP contribution in [0.5, 0.6) is 0 Å². The summed E-state index contributed by atoms with van der Waals surface area (Å²) in [5, 5.41) is 3.49. The van der Waals surface area contributed by atoms with E-state index in [1.54, 1.807) is 6.07 Å². The molecule has 0 aromatic heterocycles. The van der Waals surface area contributed by atoms with E-state index in [2.05, 4.69) is 5.32 Å². The first-order valence-corrected chi connectivity index (χ1v) is 11.2. The lowest BCUT2D eigenvalue weighted by atomic mass is 10.2. The molecule has 0 atom stereocenters. The van der Waals surface area contributed by atoms with E-state index < -0.39 is 10.0 Å². The molecule has 0 unspecified atom stereocenters. The summed E-state index contributed by atoms with van der Waals surface area (Å²) in [6, 6.07) is 16.6. The topological polar surface area (TPSA) is 69.7 Å². The molecule has 1 aliphatic heterocycles. The van der Waals surface area contributed by atoms with Crippen molar-refractivity contribution in [1.29, 1.82) is 0 Å². The number of hydrogen-bond donors (Lipinski definition) is 1. The molecule has 1 saturated heterocycles. The van der Waals surface area contributed by atoms with Crippen molar-refractivity contribution in [2.24, 2.45) is 0 Å². The van der Waals surface area contributed by atoms with Gasteiger partial charge in [-0.3, -0.25) is 9.69 Å². The highest BCUT2D eigenvalue weighted by molar-refractivity contribution is 7.88. The van der Waals surface area contributed by atoms with E-state index in [1.807, 2.05) is 53.4 Å². The molecule has 0 bridgehead atoms. The molecule has 2 aromatic carbocycles. The Morgan fingerprint density at radius 3 is 2.29 bits per heavy atom. The fourth-order valence-electron chi connectivity index (χ4n) is 3.14. The molecule has 1 amide bonds. The standard InChI is InChI=1S/C20H24ClN3O3S/c21-19-9-5-4-8-18(19)14-22-20(25)15-23-10-12-24(13-11-23)28(26,27)16-17-6-2-1-3-7-17/h1-9H,10-16H2,(H,22,25). The van der Waals surface area contributed by atoms with Crippen LogP contribution in [0.1, 0.15) is 11.1 Å². The third kappa shape index (κ3) is 5.78. The van der Waals surface area contributed by atoms with Gasteiger partial charge in [0.05, 0.1) is 12.3 Å². The zero-order valence-electron chi connectivity index (χ0n) is 15.6. The molecular formula is C20H24ClN3O3S. The molecular weight excluding hydrogens is 398 g/mol. The number of amides is 1. The van der Waals surface area contributed by atoms with Crippen LogP contribution in [-0.4, -0.2) is 56.3 Å². The van der Waals surface area contributed by atoms with Crippen LogP contribution in [-0.2, 0) is 27.1 Å². The smallest absolute Gasteiger partial charge is 0.234 e. The predicted octanol–water partition coefficient (Wildman–Crippen LogP) is 2.10. The van der Waals surface area contributed by atoms with Gasteiger partial charge >= 0.3 is 0 Å². The van der Waals surface area contributed by atoms with Gasteiger partial charge in [0.1, 0.15) is 0 Å². The van der Waals surface area contributed by atoms with Crippen LogP contribution in [0.2, 0.25) is 5.02 Å². The van der Waals surface area contributed by atoms with Gasteiger partial charge in [0.2, 0.25) is 15.9 Å². The second kappa shape index (κ2) is 9.52. The Hall–Kier alpha value is -1.93. The van der Waals surface area contributed by atoms with Gasteiger partial charge < -0.3 is 5.32 Å². The zero-order valence-corrected chi connectivity index (χ0v) is 17.1. The lowest BCUT2D eigenvalue weighted by molar-refractivity contribution is -0.122. The Morgan fingerprint density at radius 1 is 0.964 bits per heavy atom. The monoisotopic (exact) mass is 421 g/mol. The maximum Gasteiger partial charge on any atom is 0.234 e. The summed E-state index contributed by atoms with van der Waals surface area (Å²) in [5.74, 6) is -0.0906. The second-order valence-corrected chi connectivity index (χ2v) is 9.16. The minimum atomic E-state index is -3.35. The van der Waals surface area contributed by atoms with Crippen LogP contribution >= 0.6 is 11.6 Å². The van der Waals surface area contributed by atoms with Crippen molar-refractivity contribution >= 4 is 27.5 Å². The lowest BCUT2D eigenvalue weighted by Gasteiger charge is -2.33. The van der Waals surface area contributed by atoms with E-state index in [9.17, 15) is 13.2 Å². The third-order valence-corrected chi connectivity index (χ3v) is 6.94. The summed E-state index contributed by atoms with van der Waals surface area (Å²) in [5.41, 5.74) is 1.65. The Bertz CT molecular complexity index is 898. The first kappa shape index (κ1) is 20.8. The average molecular weight is 422 g/mol. The van der Waals surface area contributed by atoms with E-state index >= 15 is 0 Å². The number of hydrogen-bond acceptors (Lipinski definition) is 4. The number of halogens is 1. The van der Waals surface area contributed by atoms with Gasteiger partial charge in [-0.25, -0.2) is 8.42 Å². The summed E-state index contributed by atoms with van der Waals surface area (Å²) in [6.07, 6.45) is 0. The SMILES string of the molecule is O=C(CN1CCN(S(=O)(=O)Cc2ccccc2)CC1)NCc1ccccc1Cl. The maximum absolute atomic E-state index is 12.6. The third-order valence-electron chi connectivity index (χ3n) is 4.72. The zero-order chi connectivity index (χ0) is 20.0. The molecule has 1 fully saturated rings. The predicted molar refractivity (Wildman–Crippen MR) is 110 cm³/mol. The molecule has 1 heterocycles. The van der Waals surface area contributed by atoms with Crippen LogP contribution in [0.15, 0.2) is 54.6 Å². The normalized spacial score (nSPS) is 16.0. The molecule has 8 heteroatoms. The molecule has 0 aliphatic carbocycles. The molecule has 0 saturated carbocycles. The second-order valence-electron chi connectivity index (χ2n) is 6.79.